The van der Waals surface area contributed by atoms with Crippen molar-refractivity contribution in [2.24, 2.45) is 4.99 Å². The minimum absolute atomic E-state index is 0.206. The number of thiazole rings is 1. The molecule has 0 aliphatic carbocycles. The van der Waals surface area contributed by atoms with Crippen LogP contribution in [0.3, 0.4) is 0 Å². The number of nitrogens with zero attached hydrogens (tertiary/aromatic N) is 2. The van der Waals surface area contributed by atoms with Crippen molar-refractivity contribution in [1.82, 2.24) is 4.57 Å². The van der Waals surface area contributed by atoms with Gasteiger partial charge in [0.2, 0.25) is 0 Å². The molecule has 0 spiro atoms. The van der Waals surface area contributed by atoms with Crippen molar-refractivity contribution in [2.75, 3.05) is 13.2 Å². The van der Waals surface area contributed by atoms with Crippen LogP contribution in [0.2, 0.25) is 5.02 Å². The van der Waals surface area contributed by atoms with Crippen LogP contribution < -0.4 is 19.6 Å². The zero-order valence-electron chi connectivity index (χ0n) is 22.1. The lowest BCUT2D eigenvalue weighted by molar-refractivity contribution is -0.139. The first-order valence-electron chi connectivity index (χ1n) is 13.0. The van der Waals surface area contributed by atoms with E-state index in [2.05, 4.69) is 11.9 Å². The summed E-state index contributed by atoms with van der Waals surface area (Å²) >= 11 is 7.89. The number of aromatic nitrogens is 1. The monoisotopic (exact) mass is 560 g/mol. The van der Waals surface area contributed by atoms with Gasteiger partial charge in [0.25, 0.3) is 5.56 Å². The summed E-state index contributed by atoms with van der Waals surface area (Å²) < 4.78 is 13.6. The van der Waals surface area contributed by atoms with Gasteiger partial charge in [-0.3, -0.25) is 9.36 Å². The van der Waals surface area contributed by atoms with E-state index in [1.165, 1.54) is 11.3 Å². The van der Waals surface area contributed by atoms with Gasteiger partial charge in [-0.1, -0.05) is 84.8 Å². The van der Waals surface area contributed by atoms with Gasteiger partial charge in [0.15, 0.2) is 4.80 Å². The summed E-state index contributed by atoms with van der Waals surface area (Å²) in [7, 11) is 0. The van der Waals surface area contributed by atoms with Crippen LogP contribution in [0.1, 0.15) is 50.8 Å². The Hall–Kier alpha value is -3.68. The summed E-state index contributed by atoms with van der Waals surface area (Å²) in [6.07, 6.45) is 3.83. The SMILES string of the molecule is CCCCOc1ccc2ccccc2c1/C=c1/sc2n(c1=O)[C@H](c1ccccc1Cl)C(C(=O)OCC)=C(C)N=2. The number of esters is 1. The maximum absolute atomic E-state index is 14.1. The van der Waals surface area contributed by atoms with Gasteiger partial charge in [0.05, 0.1) is 29.0 Å². The molecule has 0 fully saturated rings. The fourth-order valence-corrected chi connectivity index (χ4v) is 6.06. The lowest BCUT2D eigenvalue weighted by Crippen LogP contribution is -2.40. The van der Waals surface area contributed by atoms with Crippen LogP contribution in [0.5, 0.6) is 5.75 Å². The molecule has 4 aromatic rings. The van der Waals surface area contributed by atoms with Gasteiger partial charge in [0.1, 0.15) is 11.8 Å². The average Bonchev–Trinajstić information content (AvgIpc) is 3.23. The molecule has 3 aromatic carbocycles. The summed E-state index contributed by atoms with van der Waals surface area (Å²) in [5.74, 6) is 0.206. The number of carbonyl (C=O) groups is 1. The van der Waals surface area contributed by atoms with Crippen molar-refractivity contribution in [3.63, 3.8) is 0 Å². The first kappa shape index (κ1) is 26.9. The molecule has 0 bridgehead atoms. The van der Waals surface area contributed by atoms with E-state index in [-0.39, 0.29) is 12.2 Å². The van der Waals surface area contributed by atoms with Crippen molar-refractivity contribution in [3.05, 3.63) is 108 Å². The Morgan fingerprint density at radius 1 is 1.10 bits per heavy atom. The highest BCUT2D eigenvalue weighted by molar-refractivity contribution is 7.07. The Morgan fingerprint density at radius 3 is 2.64 bits per heavy atom. The Balaban J connectivity index is 1.75. The number of rotatable bonds is 8. The van der Waals surface area contributed by atoms with E-state index in [0.29, 0.717) is 37.8 Å². The van der Waals surface area contributed by atoms with Crippen LogP contribution in [-0.2, 0) is 9.53 Å². The summed E-state index contributed by atoms with van der Waals surface area (Å²) in [5.41, 5.74) is 2.02. The lowest BCUT2D eigenvalue weighted by atomic mass is 9.96. The molecular formula is C31H29ClN2O4S. The number of hydrogen-bond acceptors (Lipinski definition) is 6. The van der Waals surface area contributed by atoms with Crippen LogP contribution in [0.25, 0.3) is 16.8 Å². The predicted octanol–water partition coefficient (Wildman–Crippen LogP) is 5.78. The molecule has 0 saturated heterocycles. The van der Waals surface area contributed by atoms with E-state index in [0.717, 1.165) is 34.9 Å². The van der Waals surface area contributed by atoms with E-state index < -0.39 is 12.0 Å². The van der Waals surface area contributed by atoms with E-state index >= 15 is 0 Å². The summed E-state index contributed by atoms with van der Waals surface area (Å²) in [6.45, 7) is 6.42. The average molecular weight is 561 g/mol. The van der Waals surface area contributed by atoms with Gasteiger partial charge in [-0.25, -0.2) is 9.79 Å². The Morgan fingerprint density at radius 2 is 1.87 bits per heavy atom. The number of halogens is 1. The number of hydrogen-bond donors (Lipinski definition) is 0. The van der Waals surface area contributed by atoms with E-state index in [9.17, 15) is 9.59 Å². The summed E-state index contributed by atoms with van der Waals surface area (Å²) in [5, 5.41) is 2.49. The molecule has 0 saturated carbocycles. The summed E-state index contributed by atoms with van der Waals surface area (Å²) in [4.78, 5) is 32.4. The van der Waals surface area contributed by atoms with Crippen molar-refractivity contribution < 1.29 is 14.3 Å². The van der Waals surface area contributed by atoms with Crippen molar-refractivity contribution in [3.8, 4) is 5.75 Å². The topological polar surface area (TPSA) is 69.9 Å². The minimum atomic E-state index is -0.760. The Labute approximate surface area is 235 Å². The molecule has 200 valence electrons. The Bertz CT molecular complexity index is 1770. The molecule has 1 aliphatic heterocycles. The zero-order valence-corrected chi connectivity index (χ0v) is 23.6. The molecule has 0 N–H and O–H groups in total. The van der Waals surface area contributed by atoms with Crippen LogP contribution in [-0.4, -0.2) is 23.8 Å². The summed E-state index contributed by atoms with van der Waals surface area (Å²) in [6, 6.07) is 18.5. The molecule has 5 rings (SSSR count). The molecule has 39 heavy (non-hydrogen) atoms. The number of unbranched alkanes of at least 4 members (excludes halogenated alkanes) is 1. The third-order valence-corrected chi connectivity index (χ3v) is 8.01. The van der Waals surface area contributed by atoms with E-state index in [1.54, 1.807) is 24.5 Å². The van der Waals surface area contributed by atoms with Gasteiger partial charge in [-0.2, -0.15) is 0 Å². The van der Waals surface area contributed by atoms with Crippen molar-refractivity contribution >= 4 is 45.8 Å². The first-order chi connectivity index (χ1) is 18.9. The second-order valence-electron chi connectivity index (χ2n) is 9.22. The van der Waals surface area contributed by atoms with Gasteiger partial charge in [0, 0.05) is 10.6 Å². The van der Waals surface area contributed by atoms with E-state index in [4.69, 9.17) is 21.1 Å². The third-order valence-electron chi connectivity index (χ3n) is 6.68. The maximum Gasteiger partial charge on any atom is 0.338 e. The van der Waals surface area contributed by atoms with Crippen LogP contribution in [0.15, 0.2) is 81.7 Å². The fraction of sp³-hybridized carbons (Fsp3) is 0.258. The van der Waals surface area contributed by atoms with Crippen LogP contribution in [0.4, 0.5) is 0 Å². The number of benzene rings is 3. The maximum atomic E-state index is 14.1. The van der Waals surface area contributed by atoms with Gasteiger partial charge in [-0.05, 0) is 54.8 Å². The molecule has 6 nitrogen and oxygen atoms in total. The highest BCUT2D eigenvalue weighted by Crippen LogP contribution is 2.34. The molecule has 1 atom stereocenters. The van der Waals surface area contributed by atoms with Crippen molar-refractivity contribution in [2.45, 2.75) is 39.7 Å². The molecule has 8 heteroatoms. The smallest absolute Gasteiger partial charge is 0.338 e. The second-order valence-corrected chi connectivity index (χ2v) is 10.6. The van der Waals surface area contributed by atoms with E-state index in [1.807, 2.05) is 60.7 Å². The molecule has 0 unspecified atom stereocenters. The van der Waals surface area contributed by atoms with Gasteiger partial charge in [-0.15, -0.1) is 0 Å². The highest BCUT2D eigenvalue weighted by atomic mass is 35.5. The quantitative estimate of drug-likeness (QED) is 0.202. The zero-order chi connectivity index (χ0) is 27.5. The third kappa shape index (κ3) is 5.16. The number of fused-ring (bicyclic) bond motifs is 2. The van der Waals surface area contributed by atoms with Gasteiger partial charge < -0.3 is 9.47 Å². The van der Waals surface area contributed by atoms with Gasteiger partial charge >= 0.3 is 5.97 Å². The molecule has 0 amide bonds. The standard InChI is InChI=1S/C31H29ClN2O4S/c1-4-6-17-38-25-16-15-20-11-7-8-12-21(20)23(25)18-26-29(35)34-28(22-13-9-10-14-24(22)32)27(30(36)37-5-2)19(3)33-31(34)39-26/h7-16,18,28H,4-6,17H2,1-3H3/b26-18+/t28-/m1/s1. The largest absolute Gasteiger partial charge is 0.493 e. The molecule has 2 heterocycles. The molecule has 0 radical (unpaired) electrons. The number of carbonyl (C=O) groups excluding carboxylic acids is 1. The predicted molar refractivity (Wildman–Crippen MR) is 156 cm³/mol. The Kier molecular flexibility index (Phi) is 8.00. The molecular weight excluding hydrogens is 532 g/mol. The lowest BCUT2D eigenvalue weighted by Gasteiger charge is -2.25. The number of allylic oxidation sites excluding steroid dienone is 1. The van der Waals surface area contributed by atoms with Crippen LogP contribution >= 0.6 is 22.9 Å². The number of ether oxygens (including phenoxy) is 2. The fourth-order valence-electron chi connectivity index (χ4n) is 4.79. The molecule has 1 aromatic heterocycles. The second kappa shape index (κ2) is 11.6. The van der Waals surface area contributed by atoms with Crippen molar-refractivity contribution in [1.29, 1.82) is 0 Å². The van der Waals surface area contributed by atoms with Crippen LogP contribution in [0, 0.1) is 0 Å². The highest BCUT2D eigenvalue weighted by Gasteiger charge is 2.34. The molecule has 1 aliphatic rings. The minimum Gasteiger partial charge on any atom is -0.493 e. The first-order valence-corrected chi connectivity index (χ1v) is 14.2. The normalized spacial score (nSPS) is 15.3.